The van der Waals surface area contributed by atoms with E-state index in [0.29, 0.717) is 17.3 Å². The third-order valence-corrected chi connectivity index (χ3v) is 6.33. The average Bonchev–Trinajstić information content (AvgIpc) is 3.54. The minimum atomic E-state index is -0.700. The number of aliphatic hydroxyl groups is 1. The van der Waals surface area contributed by atoms with E-state index in [0.717, 1.165) is 39.2 Å². The first-order valence-electron chi connectivity index (χ1n) is 12.7. The number of aromatic nitrogens is 4. The summed E-state index contributed by atoms with van der Waals surface area (Å²) in [4.78, 5) is 44.8. The van der Waals surface area contributed by atoms with Gasteiger partial charge in [0.05, 0.1) is 6.20 Å². The summed E-state index contributed by atoms with van der Waals surface area (Å²) in [5.41, 5.74) is 0.0548. The van der Waals surface area contributed by atoms with Gasteiger partial charge in [-0.25, -0.2) is 9.78 Å². The number of carbonyl (C=O) groups is 2. The zero-order valence-electron chi connectivity index (χ0n) is 22.4. The van der Waals surface area contributed by atoms with Crippen LogP contribution in [0.5, 0.6) is 0 Å². The third-order valence-electron chi connectivity index (χ3n) is 6.33. The Balaban J connectivity index is 0.00000164. The van der Waals surface area contributed by atoms with Gasteiger partial charge in [-0.1, -0.05) is 0 Å². The van der Waals surface area contributed by atoms with Crippen molar-refractivity contribution in [2.75, 3.05) is 24.4 Å². The van der Waals surface area contributed by atoms with Crippen LogP contribution in [-0.4, -0.2) is 62.1 Å². The van der Waals surface area contributed by atoms with Gasteiger partial charge in [-0.05, 0) is 65.0 Å². The van der Waals surface area contributed by atoms with E-state index in [-0.39, 0.29) is 34.8 Å². The molecule has 12 nitrogen and oxygen atoms in total. The molecule has 0 bridgehead atoms. The smallest absolute Gasteiger partial charge is 0.415 e. The number of nitrogens with zero attached hydrogens (tertiary/aromatic N) is 5. The fourth-order valence-corrected chi connectivity index (χ4v) is 4.02. The fraction of sp³-hybridized carbons (Fsp3) is 0.500. The molecule has 3 heterocycles. The van der Waals surface area contributed by atoms with Crippen molar-refractivity contribution in [1.29, 1.82) is 0 Å². The van der Waals surface area contributed by atoms with E-state index in [1.54, 1.807) is 50.7 Å². The lowest BCUT2D eigenvalue weighted by molar-refractivity contribution is 0.0587. The summed E-state index contributed by atoms with van der Waals surface area (Å²) in [5.74, 6) is 0.352. The number of nitrogens with one attached hydrogen (secondary N) is 2. The molecule has 3 aromatic heterocycles. The highest BCUT2D eigenvalue weighted by molar-refractivity contribution is 6.00. The Bertz CT molecular complexity index is 1380. The number of amides is 2. The first kappa shape index (κ1) is 27.1. The Labute approximate surface area is 220 Å². The van der Waals surface area contributed by atoms with E-state index in [4.69, 9.17) is 9.84 Å². The Kier molecular flexibility index (Phi) is 7.72. The highest BCUT2D eigenvalue weighted by Crippen LogP contribution is 2.31. The maximum atomic E-state index is 13.1. The van der Waals surface area contributed by atoms with Crippen LogP contribution in [0.15, 0.2) is 35.4 Å². The van der Waals surface area contributed by atoms with Crippen molar-refractivity contribution in [3.05, 3.63) is 46.5 Å². The third kappa shape index (κ3) is 5.80. The number of hydrogen-bond donors (Lipinski definition) is 3. The highest BCUT2D eigenvalue weighted by Gasteiger charge is 2.28. The second-order valence-corrected chi connectivity index (χ2v) is 10.4. The molecule has 0 aromatic carbocycles. The molecule has 5 rings (SSSR count). The number of hydrogen-bond acceptors (Lipinski definition) is 8. The summed E-state index contributed by atoms with van der Waals surface area (Å²) in [7, 11) is 2.56. The topological polar surface area (TPSA) is 143 Å². The Hall–Kier alpha value is -3.93. The zero-order valence-corrected chi connectivity index (χ0v) is 22.4. The van der Waals surface area contributed by atoms with Crippen LogP contribution in [0.2, 0.25) is 0 Å². The van der Waals surface area contributed by atoms with Crippen LogP contribution in [0.3, 0.4) is 0 Å². The minimum Gasteiger partial charge on any atom is -0.443 e. The first-order chi connectivity index (χ1) is 18.1. The van der Waals surface area contributed by atoms with Crippen LogP contribution in [0, 0.1) is 0 Å². The quantitative estimate of drug-likeness (QED) is 0.445. The van der Waals surface area contributed by atoms with Gasteiger partial charge in [0.15, 0.2) is 5.65 Å². The second-order valence-electron chi connectivity index (χ2n) is 10.4. The number of anilines is 3. The van der Waals surface area contributed by atoms with E-state index in [2.05, 4.69) is 20.7 Å². The van der Waals surface area contributed by atoms with E-state index < -0.39 is 11.7 Å². The maximum Gasteiger partial charge on any atom is 0.415 e. The molecule has 0 saturated heterocycles. The minimum absolute atomic E-state index is 0.147. The van der Waals surface area contributed by atoms with Crippen LogP contribution >= 0.6 is 0 Å². The molecule has 0 radical (unpaired) electrons. The summed E-state index contributed by atoms with van der Waals surface area (Å²) >= 11 is 0. The van der Waals surface area contributed by atoms with E-state index in [9.17, 15) is 14.4 Å². The largest absolute Gasteiger partial charge is 0.443 e. The normalized spacial score (nSPS) is 15.2. The molecule has 0 unspecified atom stereocenters. The van der Waals surface area contributed by atoms with Crippen molar-refractivity contribution in [3.63, 3.8) is 0 Å². The molecule has 12 heteroatoms. The Morgan fingerprint density at radius 3 is 2.50 bits per heavy atom. The van der Waals surface area contributed by atoms with E-state index in [1.807, 2.05) is 6.07 Å². The van der Waals surface area contributed by atoms with Crippen LogP contribution < -0.4 is 21.1 Å². The van der Waals surface area contributed by atoms with Gasteiger partial charge in [0.25, 0.3) is 11.5 Å². The molecule has 2 amide bonds. The molecule has 38 heavy (non-hydrogen) atoms. The standard InChI is InChI=1S/C25H31N7O4.CH4O/c1-25(2,3)36-24(35)30(4)20-13-19(28-18-9-6-12-31(23(18)34)16-7-5-8-16)29-21-17(14-26-32(20)21)22(33)27-15-10-11-15;1-2/h6,9,12-16H,5,7-8,10-11H2,1-4H3,(H,27,33)(H,28,29);2H,1H3. The van der Waals surface area contributed by atoms with Gasteiger partial charge < -0.3 is 25.0 Å². The zero-order chi connectivity index (χ0) is 27.6. The molecule has 3 N–H and O–H groups in total. The monoisotopic (exact) mass is 525 g/mol. The molecule has 0 aliphatic heterocycles. The van der Waals surface area contributed by atoms with E-state index in [1.165, 1.54) is 15.6 Å². The summed E-state index contributed by atoms with van der Waals surface area (Å²) in [5, 5.41) is 17.4. The van der Waals surface area contributed by atoms with Gasteiger partial charge in [0.1, 0.15) is 28.5 Å². The van der Waals surface area contributed by atoms with E-state index >= 15 is 0 Å². The van der Waals surface area contributed by atoms with Crippen molar-refractivity contribution in [3.8, 4) is 0 Å². The number of carbonyl (C=O) groups excluding carboxylic acids is 2. The van der Waals surface area contributed by atoms with Gasteiger partial charge >= 0.3 is 6.09 Å². The molecule has 3 aromatic rings. The molecular weight excluding hydrogens is 490 g/mol. The number of aliphatic hydroxyl groups excluding tert-OH is 1. The van der Waals surface area contributed by atoms with Crippen molar-refractivity contribution in [2.45, 2.75) is 70.6 Å². The Morgan fingerprint density at radius 1 is 1.18 bits per heavy atom. The number of pyridine rings is 1. The summed E-state index contributed by atoms with van der Waals surface area (Å²) < 4.78 is 8.70. The molecule has 0 atom stereocenters. The predicted octanol–water partition coefficient (Wildman–Crippen LogP) is 3.23. The van der Waals surface area contributed by atoms with Crippen LogP contribution in [0.4, 0.5) is 22.1 Å². The van der Waals surface area contributed by atoms with Crippen molar-refractivity contribution >= 4 is 35.0 Å². The van der Waals surface area contributed by atoms with Crippen LogP contribution in [0.25, 0.3) is 5.65 Å². The van der Waals surface area contributed by atoms with Gasteiger partial charge in [-0.2, -0.15) is 9.61 Å². The van der Waals surface area contributed by atoms with Crippen molar-refractivity contribution < 1.29 is 19.4 Å². The average molecular weight is 526 g/mol. The van der Waals surface area contributed by atoms with Crippen molar-refractivity contribution in [1.82, 2.24) is 24.5 Å². The van der Waals surface area contributed by atoms with Gasteiger partial charge in [0.2, 0.25) is 0 Å². The summed E-state index contributed by atoms with van der Waals surface area (Å²) in [6.07, 6.45) is 7.60. The van der Waals surface area contributed by atoms with Crippen molar-refractivity contribution in [2.24, 2.45) is 0 Å². The highest BCUT2D eigenvalue weighted by atomic mass is 16.6. The fourth-order valence-electron chi connectivity index (χ4n) is 4.02. The lowest BCUT2D eigenvalue weighted by Gasteiger charge is -2.28. The van der Waals surface area contributed by atoms with Crippen LogP contribution in [0.1, 0.15) is 69.3 Å². The van der Waals surface area contributed by atoms with Gasteiger partial charge in [0, 0.05) is 38.5 Å². The molecule has 2 saturated carbocycles. The molecular formula is C26H35N7O5. The maximum absolute atomic E-state index is 13.1. The summed E-state index contributed by atoms with van der Waals surface area (Å²) in [6.45, 7) is 5.35. The lowest BCUT2D eigenvalue weighted by atomic mass is 9.93. The number of rotatable bonds is 6. The number of ether oxygens (including phenoxy) is 1. The molecule has 2 aliphatic rings. The SMILES string of the molecule is CN(C(=O)OC(C)(C)C)c1cc(Nc2cccn(C3CCC3)c2=O)nc2c(C(=O)NC3CC3)cnn12.CO. The van der Waals surface area contributed by atoms with Gasteiger partial charge in [-0.15, -0.1) is 0 Å². The lowest BCUT2D eigenvalue weighted by Crippen LogP contribution is -2.35. The first-order valence-corrected chi connectivity index (χ1v) is 12.7. The molecule has 2 aliphatic carbocycles. The molecule has 204 valence electrons. The van der Waals surface area contributed by atoms with Crippen LogP contribution in [-0.2, 0) is 4.74 Å². The Morgan fingerprint density at radius 2 is 1.89 bits per heavy atom. The molecule has 2 fully saturated rings. The van der Waals surface area contributed by atoms with Gasteiger partial charge in [-0.3, -0.25) is 14.5 Å². The molecule has 0 spiro atoms. The summed E-state index contributed by atoms with van der Waals surface area (Å²) in [6, 6.07) is 5.48. The predicted molar refractivity (Wildman–Crippen MR) is 143 cm³/mol. The number of fused-ring (bicyclic) bond motifs is 1. The second kappa shape index (κ2) is 10.8.